The molecule has 3 rings (SSSR count). The zero-order valence-electron chi connectivity index (χ0n) is 12.4. The molecule has 1 atom stereocenters. The molecule has 2 nitrogen and oxygen atoms in total. The van der Waals surface area contributed by atoms with Gasteiger partial charge in [0, 0.05) is 30.7 Å². The van der Waals surface area contributed by atoms with Crippen LogP contribution in [0.2, 0.25) is 0 Å². The Kier molecular flexibility index (Phi) is 4.18. The van der Waals surface area contributed by atoms with E-state index in [9.17, 15) is 4.39 Å². The third kappa shape index (κ3) is 3.60. The molecule has 0 bridgehead atoms. The highest BCUT2D eigenvalue weighted by Crippen LogP contribution is 2.23. The number of aromatic nitrogens is 1. The van der Waals surface area contributed by atoms with Crippen LogP contribution < -0.4 is 4.90 Å². The summed E-state index contributed by atoms with van der Waals surface area (Å²) in [6.45, 7) is 3.40. The second kappa shape index (κ2) is 6.25. The molecule has 0 N–H and O–H groups in total. The van der Waals surface area contributed by atoms with Crippen molar-refractivity contribution < 1.29 is 4.39 Å². The minimum atomic E-state index is -0.676. The van der Waals surface area contributed by atoms with Crippen LogP contribution in [0.3, 0.4) is 0 Å². The molecule has 1 unspecified atom stereocenters. The maximum Gasteiger partial charge on any atom is 0.119 e. The standard InChI is InChI=1S/C18H21FN2/c1-14-5-7-17(20-12-14)8-6-15-3-2-4-18(11-15)21-10-9-16(19)13-21/h2-5,7,11-12,16H,6,8-10,13H2,1H3. The third-order valence-electron chi connectivity index (χ3n) is 4.05. The van der Waals surface area contributed by atoms with Crippen molar-refractivity contribution in [3.63, 3.8) is 0 Å². The van der Waals surface area contributed by atoms with Crippen LogP contribution in [-0.4, -0.2) is 24.2 Å². The molecule has 1 fully saturated rings. The molecule has 0 saturated carbocycles. The molecule has 0 radical (unpaired) electrons. The number of hydrogen-bond acceptors (Lipinski definition) is 2. The summed E-state index contributed by atoms with van der Waals surface area (Å²) in [7, 11) is 0. The Balaban J connectivity index is 1.64. The van der Waals surface area contributed by atoms with Crippen molar-refractivity contribution >= 4 is 5.69 Å². The molecule has 2 aromatic rings. The fourth-order valence-electron chi connectivity index (χ4n) is 2.78. The van der Waals surface area contributed by atoms with Crippen LogP contribution in [0.1, 0.15) is 23.2 Å². The van der Waals surface area contributed by atoms with E-state index in [1.54, 1.807) is 0 Å². The Bertz CT molecular complexity index is 594. The Morgan fingerprint density at radius 3 is 2.86 bits per heavy atom. The normalized spacial score (nSPS) is 18.2. The first kappa shape index (κ1) is 14.1. The SMILES string of the molecule is Cc1ccc(CCc2cccc(N3CCC(F)C3)c2)nc1. The van der Waals surface area contributed by atoms with E-state index in [0.29, 0.717) is 13.0 Å². The van der Waals surface area contributed by atoms with Gasteiger partial charge < -0.3 is 4.90 Å². The monoisotopic (exact) mass is 284 g/mol. The van der Waals surface area contributed by atoms with E-state index in [-0.39, 0.29) is 0 Å². The lowest BCUT2D eigenvalue weighted by Crippen LogP contribution is -2.19. The van der Waals surface area contributed by atoms with Gasteiger partial charge in [0.25, 0.3) is 0 Å². The van der Waals surface area contributed by atoms with Crippen molar-refractivity contribution in [1.29, 1.82) is 0 Å². The summed E-state index contributed by atoms with van der Waals surface area (Å²) in [5, 5.41) is 0. The molecule has 0 amide bonds. The average Bonchev–Trinajstić information content (AvgIpc) is 2.94. The molecule has 3 heteroatoms. The van der Waals surface area contributed by atoms with Crippen molar-refractivity contribution in [2.45, 2.75) is 32.4 Å². The van der Waals surface area contributed by atoms with Gasteiger partial charge in [-0.1, -0.05) is 18.2 Å². The Morgan fingerprint density at radius 2 is 2.14 bits per heavy atom. The van der Waals surface area contributed by atoms with E-state index in [1.807, 2.05) is 6.20 Å². The number of benzene rings is 1. The summed E-state index contributed by atoms with van der Waals surface area (Å²) in [6.07, 6.45) is 3.80. The second-order valence-corrected chi connectivity index (χ2v) is 5.83. The summed E-state index contributed by atoms with van der Waals surface area (Å²) < 4.78 is 13.3. The molecule has 21 heavy (non-hydrogen) atoms. The van der Waals surface area contributed by atoms with E-state index in [0.717, 1.165) is 30.8 Å². The number of hydrogen-bond donors (Lipinski definition) is 0. The molecule has 1 aliphatic heterocycles. The van der Waals surface area contributed by atoms with Gasteiger partial charge in [-0.25, -0.2) is 4.39 Å². The predicted molar refractivity (Wildman–Crippen MR) is 84.6 cm³/mol. The van der Waals surface area contributed by atoms with E-state index in [2.05, 4.69) is 53.2 Å². The largest absolute Gasteiger partial charge is 0.369 e. The van der Waals surface area contributed by atoms with Gasteiger partial charge in [0.05, 0.1) is 0 Å². The molecule has 1 aromatic heterocycles. The first-order chi connectivity index (χ1) is 10.2. The maximum atomic E-state index is 13.3. The number of halogens is 1. The summed E-state index contributed by atoms with van der Waals surface area (Å²) in [4.78, 5) is 6.58. The number of aryl methyl sites for hydroxylation is 3. The van der Waals surface area contributed by atoms with Crippen molar-refractivity contribution in [3.05, 3.63) is 59.4 Å². The van der Waals surface area contributed by atoms with Crippen molar-refractivity contribution in [2.75, 3.05) is 18.0 Å². The highest BCUT2D eigenvalue weighted by atomic mass is 19.1. The topological polar surface area (TPSA) is 16.1 Å². The number of rotatable bonds is 4. The summed E-state index contributed by atoms with van der Waals surface area (Å²) in [5.41, 5.74) is 4.74. The Labute approximate surface area is 125 Å². The Morgan fingerprint density at radius 1 is 1.24 bits per heavy atom. The van der Waals surface area contributed by atoms with Gasteiger partial charge in [0.1, 0.15) is 6.17 Å². The predicted octanol–water partition coefficient (Wildman–Crippen LogP) is 3.72. The number of anilines is 1. The first-order valence-corrected chi connectivity index (χ1v) is 7.60. The maximum absolute atomic E-state index is 13.3. The van der Waals surface area contributed by atoms with Crippen LogP contribution in [0.5, 0.6) is 0 Å². The smallest absolute Gasteiger partial charge is 0.119 e. The molecule has 1 aliphatic rings. The van der Waals surface area contributed by atoms with Gasteiger partial charge in [0.15, 0.2) is 0 Å². The van der Waals surface area contributed by atoms with Gasteiger partial charge >= 0.3 is 0 Å². The molecule has 1 aromatic carbocycles. The zero-order chi connectivity index (χ0) is 14.7. The summed E-state index contributed by atoms with van der Waals surface area (Å²) in [6, 6.07) is 12.7. The molecule has 0 spiro atoms. The highest BCUT2D eigenvalue weighted by Gasteiger charge is 2.21. The number of pyridine rings is 1. The molecular weight excluding hydrogens is 263 g/mol. The molecule has 1 saturated heterocycles. The number of alkyl halides is 1. The lowest BCUT2D eigenvalue weighted by atomic mass is 10.1. The third-order valence-corrected chi connectivity index (χ3v) is 4.05. The van der Waals surface area contributed by atoms with Crippen LogP contribution in [0.15, 0.2) is 42.6 Å². The average molecular weight is 284 g/mol. The van der Waals surface area contributed by atoms with Crippen LogP contribution in [-0.2, 0) is 12.8 Å². The Hall–Kier alpha value is -1.90. The van der Waals surface area contributed by atoms with Gasteiger partial charge in [0.2, 0.25) is 0 Å². The van der Waals surface area contributed by atoms with E-state index in [1.165, 1.54) is 11.1 Å². The highest BCUT2D eigenvalue weighted by molar-refractivity contribution is 5.49. The van der Waals surface area contributed by atoms with E-state index < -0.39 is 6.17 Å². The van der Waals surface area contributed by atoms with Crippen LogP contribution in [0, 0.1) is 6.92 Å². The van der Waals surface area contributed by atoms with Gasteiger partial charge in [-0.3, -0.25) is 4.98 Å². The second-order valence-electron chi connectivity index (χ2n) is 5.83. The van der Waals surface area contributed by atoms with Crippen LogP contribution in [0.25, 0.3) is 0 Å². The lowest BCUT2D eigenvalue weighted by molar-refractivity contribution is 0.364. The summed E-state index contributed by atoms with van der Waals surface area (Å²) >= 11 is 0. The van der Waals surface area contributed by atoms with Crippen LogP contribution >= 0.6 is 0 Å². The van der Waals surface area contributed by atoms with Crippen molar-refractivity contribution in [2.24, 2.45) is 0 Å². The zero-order valence-corrected chi connectivity index (χ0v) is 12.4. The quantitative estimate of drug-likeness (QED) is 0.850. The fraction of sp³-hybridized carbons (Fsp3) is 0.389. The molecule has 110 valence electrons. The molecule has 0 aliphatic carbocycles. The number of nitrogens with zero attached hydrogens (tertiary/aromatic N) is 2. The van der Waals surface area contributed by atoms with Crippen LogP contribution in [0.4, 0.5) is 10.1 Å². The molecular formula is C18H21FN2. The van der Waals surface area contributed by atoms with Crippen molar-refractivity contribution in [1.82, 2.24) is 4.98 Å². The minimum Gasteiger partial charge on any atom is -0.369 e. The van der Waals surface area contributed by atoms with Gasteiger partial charge in [-0.2, -0.15) is 0 Å². The summed E-state index contributed by atoms with van der Waals surface area (Å²) in [5.74, 6) is 0. The molecule has 2 heterocycles. The van der Waals surface area contributed by atoms with Gasteiger partial charge in [-0.05, 0) is 55.5 Å². The van der Waals surface area contributed by atoms with Crippen molar-refractivity contribution in [3.8, 4) is 0 Å². The fourth-order valence-corrected chi connectivity index (χ4v) is 2.78. The lowest BCUT2D eigenvalue weighted by Gasteiger charge is -2.18. The minimum absolute atomic E-state index is 0.531. The van der Waals surface area contributed by atoms with Gasteiger partial charge in [-0.15, -0.1) is 0 Å². The van der Waals surface area contributed by atoms with E-state index >= 15 is 0 Å². The first-order valence-electron chi connectivity index (χ1n) is 7.60. The van der Waals surface area contributed by atoms with E-state index in [4.69, 9.17) is 0 Å².